The summed E-state index contributed by atoms with van der Waals surface area (Å²) in [5, 5.41) is 8.90. The lowest BCUT2D eigenvalue weighted by Crippen LogP contribution is -1.97. The summed E-state index contributed by atoms with van der Waals surface area (Å²) < 4.78 is 13.4. The molecule has 0 saturated carbocycles. The maximum atomic E-state index is 13.4. The molecule has 2 nitrogen and oxygen atoms in total. The molecule has 0 atom stereocenters. The molecule has 0 aromatic heterocycles. The molecule has 0 heterocycles. The van der Waals surface area contributed by atoms with Gasteiger partial charge in [0, 0.05) is 0 Å². The van der Waals surface area contributed by atoms with E-state index in [1.165, 1.54) is 17.7 Å². The normalized spacial score (nSPS) is 10.3. The molecule has 18 heavy (non-hydrogen) atoms. The highest BCUT2D eigenvalue weighted by molar-refractivity contribution is 5.89. The van der Waals surface area contributed by atoms with Gasteiger partial charge in [-0.2, -0.15) is 0 Å². The number of halogens is 1. The van der Waals surface area contributed by atoms with Crippen molar-refractivity contribution >= 4 is 5.97 Å². The van der Waals surface area contributed by atoms with Gasteiger partial charge < -0.3 is 5.11 Å². The molecule has 0 spiro atoms. The van der Waals surface area contributed by atoms with Crippen LogP contribution in [0.1, 0.15) is 22.8 Å². The number of rotatable bonds is 3. The van der Waals surface area contributed by atoms with Gasteiger partial charge in [0.2, 0.25) is 0 Å². The van der Waals surface area contributed by atoms with Crippen molar-refractivity contribution in [3.63, 3.8) is 0 Å². The van der Waals surface area contributed by atoms with Crippen LogP contribution in [0, 0.1) is 5.82 Å². The van der Waals surface area contributed by atoms with Crippen LogP contribution in [0.25, 0.3) is 11.1 Å². The van der Waals surface area contributed by atoms with E-state index in [0.29, 0.717) is 5.56 Å². The highest BCUT2D eigenvalue weighted by Crippen LogP contribution is 2.22. The number of carboxylic acid groups (broad SMARTS) is 1. The van der Waals surface area contributed by atoms with Crippen LogP contribution in [0.3, 0.4) is 0 Å². The first kappa shape index (κ1) is 12.3. The topological polar surface area (TPSA) is 37.3 Å². The van der Waals surface area contributed by atoms with Gasteiger partial charge in [-0.1, -0.05) is 31.2 Å². The van der Waals surface area contributed by atoms with Crippen LogP contribution in [0.4, 0.5) is 4.39 Å². The average molecular weight is 244 g/mol. The second-order valence-electron chi connectivity index (χ2n) is 4.08. The van der Waals surface area contributed by atoms with Gasteiger partial charge in [0.25, 0.3) is 0 Å². The fourth-order valence-corrected chi connectivity index (χ4v) is 1.81. The zero-order valence-electron chi connectivity index (χ0n) is 9.98. The molecule has 2 aromatic rings. The van der Waals surface area contributed by atoms with E-state index in [1.807, 2.05) is 24.3 Å². The predicted molar refractivity (Wildman–Crippen MR) is 68.2 cm³/mol. The number of hydrogen-bond acceptors (Lipinski definition) is 1. The third-order valence-electron chi connectivity index (χ3n) is 2.84. The summed E-state index contributed by atoms with van der Waals surface area (Å²) >= 11 is 0. The zero-order valence-corrected chi connectivity index (χ0v) is 9.98. The molecule has 0 bridgehead atoms. The SMILES string of the molecule is CCc1ccc(-c2cc(F)cc(C(=O)O)c2)cc1. The molecule has 0 unspecified atom stereocenters. The lowest BCUT2D eigenvalue weighted by molar-refractivity contribution is 0.0696. The summed E-state index contributed by atoms with van der Waals surface area (Å²) in [6.45, 7) is 2.06. The molecule has 2 aromatic carbocycles. The van der Waals surface area contributed by atoms with Crippen LogP contribution in [0.2, 0.25) is 0 Å². The minimum atomic E-state index is -1.12. The maximum absolute atomic E-state index is 13.4. The molecule has 0 amide bonds. The average Bonchev–Trinajstić information content (AvgIpc) is 2.38. The molecule has 0 saturated heterocycles. The number of hydrogen-bond donors (Lipinski definition) is 1. The first-order valence-corrected chi connectivity index (χ1v) is 5.73. The second-order valence-corrected chi connectivity index (χ2v) is 4.08. The Morgan fingerprint density at radius 3 is 2.33 bits per heavy atom. The van der Waals surface area contributed by atoms with Crippen molar-refractivity contribution < 1.29 is 14.3 Å². The van der Waals surface area contributed by atoms with Crippen LogP contribution < -0.4 is 0 Å². The van der Waals surface area contributed by atoms with E-state index in [1.54, 1.807) is 0 Å². The Morgan fingerprint density at radius 1 is 1.11 bits per heavy atom. The monoisotopic (exact) mass is 244 g/mol. The lowest BCUT2D eigenvalue weighted by Gasteiger charge is -2.05. The summed E-state index contributed by atoms with van der Waals surface area (Å²) in [5.74, 6) is -1.66. The van der Waals surface area contributed by atoms with Crippen molar-refractivity contribution in [2.24, 2.45) is 0 Å². The number of carboxylic acids is 1. The number of benzene rings is 2. The van der Waals surface area contributed by atoms with Crippen LogP contribution in [-0.4, -0.2) is 11.1 Å². The van der Waals surface area contributed by atoms with Crippen LogP contribution >= 0.6 is 0 Å². The second kappa shape index (κ2) is 5.00. The Kier molecular flexibility index (Phi) is 3.42. The minimum Gasteiger partial charge on any atom is -0.478 e. The van der Waals surface area contributed by atoms with Crippen molar-refractivity contribution in [1.29, 1.82) is 0 Å². The van der Waals surface area contributed by atoms with E-state index in [-0.39, 0.29) is 5.56 Å². The van der Waals surface area contributed by atoms with Gasteiger partial charge in [-0.15, -0.1) is 0 Å². The highest BCUT2D eigenvalue weighted by atomic mass is 19.1. The van der Waals surface area contributed by atoms with Crippen LogP contribution in [-0.2, 0) is 6.42 Å². The summed E-state index contributed by atoms with van der Waals surface area (Å²) in [7, 11) is 0. The first-order valence-electron chi connectivity index (χ1n) is 5.73. The molecule has 2 rings (SSSR count). The summed E-state index contributed by atoms with van der Waals surface area (Å²) in [6.07, 6.45) is 0.934. The van der Waals surface area contributed by atoms with E-state index >= 15 is 0 Å². The Bertz CT molecular complexity index is 574. The smallest absolute Gasteiger partial charge is 0.335 e. The van der Waals surface area contributed by atoms with Crippen molar-refractivity contribution in [2.75, 3.05) is 0 Å². The van der Waals surface area contributed by atoms with Crippen molar-refractivity contribution in [2.45, 2.75) is 13.3 Å². The van der Waals surface area contributed by atoms with Gasteiger partial charge in [-0.05, 0) is 41.3 Å². The van der Waals surface area contributed by atoms with Crippen molar-refractivity contribution in [3.05, 3.63) is 59.4 Å². The minimum absolute atomic E-state index is 0.0374. The van der Waals surface area contributed by atoms with Crippen molar-refractivity contribution in [1.82, 2.24) is 0 Å². The van der Waals surface area contributed by atoms with Crippen molar-refractivity contribution in [3.8, 4) is 11.1 Å². The molecular weight excluding hydrogens is 231 g/mol. The molecule has 1 N–H and O–H groups in total. The van der Waals surface area contributed by atoms with Crippen LogP contribution in [0.15, 0.2) is 42.5 Å². The fraction of sp³-hybridized carbons (Fsp3) is 0.133. The fourth-order valence-electron chi connectivity index (χ4n) is 1.81. The van der Waals surface area contributed by atoms with Gasteiger partial charge in [0.05, 0.1) is 5.56 Å². The molecule has 0 aliphatic carbocycles. The molecular formula is C15H13FO2. The molecule has 92 valence electrons. The van der Waals surface area contributed by atoms with Gasteiger partial charge in [0.1, 0.15) is 5.82 Å². The van der Waals surface area contributed by atoms with E-state index in [9.17, 15) is 9.18 Å². The van der Waals surface area contributed by atoms with E-state index in [0.717, 1.165) is 18.1 Å². The van der Waals surface area contributed by atoms with Gasteiger partial charge in [-0.3, -0.25) is 0 Å². The maximum Gasteiger partial charge on any atom is 0.335 e. The molecule has 0 aliphatic rings. The Morgan fingerprint density at radius 2 is 1.78 bits per heavy atom. The number of aryl methyl sites for hydroxylation is 1. The lowest BCUT2D eigenvalue weighted by atomic mass is 10.0. The predicted octanol–water partition coefficient (Wildman–Crippen LogP) is 3.75. The molecule has 0 aliphatic heterocycles. The Labute approximate surface area is 105 Å². The third-order valence-corrected chi connectivity index (χ3v) is 2.84. The van der Waals surface area contributed by atoms with E-state index in [4.69, 9.17) is 5.11 Å². The largest absolute Gasteiger partial charge is 0.478 e. The molecule has 0 fully saturated rings. The van der Waals surface area contributed by atoms with Crippen LogP contribution in [0.5, 0.6) is 0 Å². The third kappa shape index (κ3) is 2.56. The molecule has 3 heteroatoms. The highest BCUT2D eigenvalue weighted by Gasteiger charge is 2.08. The van der Waals surface area contributed by atoms with E-state index < -0.39 is 11.8 Å². The summed E-state index contributed by atoms with van der Waals surface area (Å²) in [6, 6.07) is 11.5. The summed E-state index contributed by atoms with van der Waals surface area (Å²) in [4.78, 5) is 10.9. The number of carbonyl (C=O) groups is 1. The standard InChI is InChI=1S/C15H13FO2/c1-2-10-3-5-11(6-4-10)12-7-13(15(17)18)9-14(16)8-12/h3-9H,2H2,1H3,(H,17,18). The first-order chi connectivity index (χ1) is 8.60. The molecule has 0 radical (unpaired) electrons. The Hall–Kier alpha value is -2.16. The zero-order chi connectivity index (χ0) is 13.1. The van der Waals surface area contributed by atoms with Gasteiger partial charge in [-0.25, -0.2) is 9.18 Å². The quantitative estimate of drug-likeness (QED) is 0.892. The van der Waals surface area contributed by atoms with Gasteiger partial charge in [0.15, 0.2) is 0 Å². The Balaban J connectivity index is 2.46. The number of aromatic carboxylic acids is 1. The van der Waals surface area contributed by atoms with Gasteiger partial charge >= 0.3 is 5.97 Å². The summed E-state index contributed by atoms with van der Waals surface area (Å²) in [5.41, 5.74) is 2.54. The van der Waals surface area contributed by atoms with E-state index in [2.05, 4.69) is 6.92 Å².